The number of benzene rings is 1. The highest BCUT2D eigenvalue weighted by atomic mass is 32.1. The van der Waals surface area contributed by atoms with Crippen molar-refractivity contribution in [2.24, 2.45) is 0 Å². The van der Waals surface area contributed by atoms with E-state index in [-0.39, 0.29) is 5.91 Å². The Morgan fingerprint density at radius 2 is 2.03 bits per heavy atom. The van der Waals surface area contributed by atoms with Crippen molar-refractivity contribution in [3.05, 3.63) is 81.2 Å². The number of aryl methyl sites for hydroxylation is 2. The molecule has 0 atom stereocenters. The SMILES string of the molecule is O=C(NCc1cn2c(n1)CCCC2)c1c2c(nc3ccccc13)/C(=C\c1cccs1)CC2. The third-order valence-corrected chi connectivity index (χ3v) is 7.24. The summed E-state index contributed by atoms with van der Waals surface area (Å²) in [6, 6.07) is 12.2. The largest absolute Gasteiger partial charge is 0.346 e. The van der Waals surface area contributed by atoms with Crippen molar-refractivity contribution >= 4 is 39.8 Å². The standard InChI is InChI=1S/C26H24N4OS/c31-26(27-15-18-16-30-12-4-3-9-23(30)28-18)24-20-7-1-2-8-22(20)29-25-17(10-11-21(24)25)14-19-6-5-13-32-19/h1-2,5-8,13-14,16H,3-4,9-12,15H2,(H,27,31)/b17-14-. The molecule has 1 aliphatic carbocycles. The lowest BCUT2D eigenvalue weighted by Crippen LogP contribution is -2.25. The quantitative estimate of drug-likeness (QED) is 0.472. The summed E-state index contributed by atoms with van der Waals surface area (Å²) in [5.41, 5.74) is 5.82. The molecule has 1 aliphatic heterocycles. The molecule has 3 aromatic heterocycles. The Kier molecular flexibility index (Phi) is 4.87. The number of hydrogen-bond acceptors (Lipinski definition) is 4. The fourth-order valence-electron chi connectivity index (χ4n) is 4.90. The first-order valence-corrected chi connectivity index (χ1v) is 12.1. The molecule has 5 nitrogen and oxygen atoms in total. The number of aromatic nitrogens is 3. The van der Waals surface area contributed by atoms with Gasteiger partial charge in [-0.2, -0.15) is 0 Å². The van der Waals surface area contributed by atoms with Crippen LogP contribution in [0.15, 0.2) is 48.0 Å². The van der Waals surface area contributed by atoms with Crippen LogP contribution in [0, 0.1) is 0 Å². The number of allylic oxidation sites excluding steroid dienone is 1. The van der Waals surface area contributed by atoms with Crippen LogP contribution in [-0.2, 0) is 25.9 Å². The van der Waals surface area contributed by atoms with E-state index in [0.717, 1.165) is 65.0 Å². The summed E-state index contributed by atoms with van der Waals surface area (Å²) in [6.45, 7) is 1.47. The summed E-state index contributed by atoms with van der Waals surface area (Å²) in [5.74, 6) is 1.10. The lowest BCUT2D eigenvalue weighted by molar-refractivity contribution is 0.0951. The number of amides is 1. The molecule has 32 heavy (non-hydrogen) atoms. The molecule has 0 bridgehead atoms. The Balaban J connectivity index is 1.35. The summed E-state index contributed by atoms with van der Waals surface area (Å²) in [6.07, 6.45) is 9.47. The first-order chi connectivity index (χ1) is 15.8. The third-order valence-electron chi connectivity index (χ3n) is 6.42. The van der Waals surface area contributed by atoms with Crippen LogP contribution in [0.1, 0.15) is 57.3 Å². The zero-order valence-electron chi connectivity index (χ0n) is 17.8. The van der Waals surface area contributed by atoms with E-state index in [0.29, 0.717) is 6.54 Å². The summed E-state index contributed by atoms with van der Waals surface area (Å²) < 4.78 is 2.23. The van der Waals surface area contributed by atoms with Gasteiger partial charge < -0.3 is 9.88 Å². The number of nitrogens with one attached hydrogen (secondary N) is 1. The highest BCUT2D eigenvalue weighted by Crippen LogP contribution is 2.38. The Morgan fingerprint density at radius 1 is 1.09 bits per heavy atom. The minimum Gasteiger partial charge on any atom is -0.346 e. The van der Waals surface area contributed by atoms with Gasteiger partial charge in [-0.1, -0.05) is 24.3 Å². The fraction of sp³-hybridized carbons (Fsp3) is 0.269. The van der Waals surface area contributed by atoms with E-state index in [1.54, 1.807) is 11.3 Å². The molecular formula is C26H24N4OS. The van der Waals surface area contributed by atoms with E-state index in [1.807, 2.05) is 24.3 Å². The van der Waals surface area contributed by atoms with Crippen LogP contribution in [0.4, 0.5) is 0 Å². The minimum atomic E-state index is -0.0387. The average Bonchev–Trinajstić information content (AvgIpc) is 3.56. The van der Waals surface area contributed by atoms with Gasteiger partial charge >= 0.3 is 0 Å². The molecule has 0 fully saturated rings. The van der Waals surface area contributed by atoms with Crippen molar-refractivity contribution in [1.82, 2.24) is 19.9 Å². The van der Waals surface area contributed by atoms with Crippen molar-refractivity contribution in [2.75, 3.05) is 0 Å². The second kappa shape index (κ2) is 8.02. The zero-order chi connectivity index (χ0) is 21.5. The van der Waals surface area contributed by atoms with Crippen molar-refractivity contribution in [3.8, 4) is 0 Å². The van der Waals surface area contributed by atoms with Crippen LogP contribution >= 0.6 is 11.3 Å². The smallest absolute Gasteiger partial charge is 0.252 e. The maximum atomic E-state index is 13.5. The summed E-state index contributed by atoms with van der Waals surface area (Å²) in [5, 5.41) is 6.15. The number of pyridine rings is 1. The van der Waals surface area contributed by atoms with E-state index in [9.17, 15) is 4.79 Å². The van der Waals surface area contributed by atoms with E-state index >= 15 is 0 Å². The van der Waals surface area contributed by atoms with Gasteiger partial charge in [-0.3, -0.25) is 4.79 Å². The first-order valence-electron chi connectivity index (χ1n) is 11.3. The Hall–Kier alpha value is -3.25. The Labute approximate surface area is 190 Å². The maximum absolute atomic E-state index is 13.5. The van der Waals surface area contributed by atoms with Gasteiger partial charge in [0.25, 0.3) is 5.91 Å². The molecule has 1 N–H and O–H groups in total. The van der Waals surface area contributed by atoms with Gasteiger partial charge in [-0.25, -0.2) is 9.97 Å². The normalized spacial score (nSPS) is 16.3. The van der Waals surface area contributed by atoms with Gasteiger partial charge in [0, 0.05) is 29.4 Å². The molecule has 2 aliphatic rings. The Bertz CT molecular complexity index is 1330. The average molecular weight is 441 g/mol. The topological polar surface area (TPSA) is 59.8 Å². The van der Waals surface area contributed by atoms with Crippen molar-refractivity contribution in [3.63, 3.8) is 0 Å². The lowest BCUT2D eigenvalue weighted by atomic mass is 10.00. The number of carbonyl (C=O) groups excluding carboxylic acids is 1. The van der Waals surface area contributed by atoms with Gasteiger partial charge in [0.15, 0.2) is 0 Å². The molecule has 0 unspecified atom stereocenters. The van der Waals surface area contributed by atoms with Crippen molar-refractivity contribution in [2.45, 2.75) is 45.2 Å². The van der Waals surface area contributed by atoms with Gasteiger partial charge in [0.2, 0.25) is 0 Å². The van der Waals surface area contributed by atoms with Crippen molar-refractivity contribution in [1.29, 1.82) is 0 Å². The van der Waals surface area contributed by atoms with Crippen LogP contribution in [0.5, 0.6) is 0 Å². The van der Waals surface area contributed by atoms with Crippen LogP contribution in [0.3, 0.4) is 0 Å². The monoisotopic (exact) mass is 440 g/mol. The summed E-state index contributed by atoms with van der Waals surface area (Å²) in [4.78, 5) is 24.4. The number of para-hydroxylation sites is 1. The van der Waals surface area contributed by atoms with Gasteiger partial charge in [-0.05, 0) is 60.4 Å². The number of carbonyl (C=O) groups is 1. The van der Waals surface area contributed by atoms with E-state index in [2.05, 4.69) is 39.7 Å². The van der Waals surface area contributed by atoms with Crippen LogP contribution in [0.25, 0.3) is 22.6 Å². The second-order valence-corrected chi connectivity index (χ2v) is 9.48. The molecule has 160 valence electrons. The van der Waals surface area contributed by atoms with E-state index in [4.69, 9.17) is 9.97 Å². The van der Waals surface area contributed by atoms with E-state index in [1.165, 1.54) is 23.3 Å². The number of thiophene rings is 1. The molecule has 0 saturated heterocycles. The molecule has 1 aromatic carbocycles. The van der Waals surface area contributed by atoms with Crippen LogP contribution in [0.2, 0.25) is 0 Å². The summed E-state index contributed by atoms with van der Waals surface area (Å²) >= 11 is 1.72. The number of rotatable bonds is 4. The number of imidazole rings is 1. The second-order valence-electron chi connectivity index (χ2n) is 8.50. The predicted octanol–water partition coefficient (Wildman–Crippen LogP) is 5.25. The third kappa shape index (κ3) is 3.45. The molecule has 6 rings (SSSR count). The van der Waals surface area contributed by atoms with Crippen LogP contribution < -0.4 is 5.32 Å². The molecule has 6 heteroatoms. The van der Waals surface area contributed by atoms with Gasteiger partial charge in [0.1, 0.15) is 5.82 Å². The number of hydrogen-bond donors (Lipinski definition) is 1. The zero-order valence-corrected chi connectivity index (χ0v) is 18.6. The highest BCUT2D eigenvalue weighted by molar-refractivity contribution is 7.10. The molecule has 4 heterocycles. The van der Waals surface area contributed by atoms with Crippen molar-refractivity contribution < 1.29 is 4.79 Å². The first kappa shape index (κ1) is 19.4. The maximum Gasteiger partial charge on any atom is 0.252 e. The summed E-state index contributed by atoms with van der Waals surface area (Å²) in [7, 11) is 0. The molecule has 0 spiro atoms. The fourth-order valence-corrected chi connectivity index (χ4v) is 5.58. The van der Waals surface area contributed by atoms with E-state index < -0.39 is 0 Å². The molecule has 4 aromatic rings. The number of fused-ring (bicyclic) bond motifs is 3. The molecule has 1 amide bonds. The Morgan fingerprint density at radius 3 is 2.91 bits per heavy atom. The number of nitrogens with zero attached hydrogens (tertiary/aromatic N) is 3. The minimum absolute atomic E-state index is 0.0387. The van der Waals surface area contributed by atoms with Crippen LogP contribution in [-0.4, -0.2) is 20.4 Å². The van der Waals surface area contributed by atoms with Gasteiger partial charge in [0.05, 0.1) is 29.0 Å². The molecule has 0 radical (unpaired) electrons. The lowest BCUT2D eigenvalue weighted by Gasteiger charge is -2.12. The molecule has 0 saturated carbocycles. The predicted molar refractivity (Wildman–Crippen MR) is 129 cm³/mol. The van der Waals surface area contributed by atoms with Gasteiger partial charge in [-0.15, -0.1) is 11.3 Å². The molecular weight excluding hydrogens is 416 g/mol. The highest BCUT2D eigenvalue weighted by Gasteiger charge is 2.27.